The van der Waals surface area contributed by atoms with Crippen molar-refractivity contribution in [1.29, 1.82) is 0 Å². The molecule has 0 radical (unpaired) electrons. The molecule has 1 saturated heterocycles. The lowest BCUT2D eigenvalue weighted by atomic mass is 9.96. The molecule has 1 heterocycles. The fourth-order valence-electron chi connectivity index (χ4n) is 1.43. The molecule has 6 heteroatoms. The van der Waals surface area contributed by atoms with Crippen molar-refractivity contribution in [3.8, 4) is 0 Å². The molecule has 1 aliphatic rings. The number of hydrogen-bond acceptors (Lipinski definition) is 2. The summed E-state index contributed by atoms with van der Waals surface area (Å²) in [6, 6.07) is 0. The first-order valence-electron chi connectivity index (χ1n) is 4.47. The maximum atomic E-state index is 11.6. The first-order valence-corrected chi connectivity index (χ1v) is 4.47. The van der Waals surface area contributed by atoms with Crippen LogP contribution in [0.3, 0.4) is 0 Å². The molecule has 1 amide bonds. The second-order valence-corrected chi connectivity index (χ2v) is 3.21. The number of rotatable bonds is 3. The molecule has 1 atom stereocenters. The predicted molar refractivity (Wildman–Crippen MR) is 42.4 cm³/mol. The largest absolute Gasteiger partial charge is 0.522 e. The first-order chi connectivity index (χ1) is 6.49. The Hall–Kier alpha value is -0.780. The van der Waals surface area contributed by atoms with E-state index in [0.29, 0.717) is 13.0 Å². The number of hydrogen-bond donors (Lipinski definition) is 1. The van der Waals surface area contributed by atoms with E-state index in [0.717, 1.165) is 6.42 Å². The van der Waals surface area contributed by atoms with Gasteiger partial charge in [-0.3, -0.25) is 9.53 Å². The Labute approximate surface area is 79.6 Å². The number of amides is 1. The minimum absolute atomic E-state index is 0.130. The molecule has 0 saturated carbocycles. The van der Waals surface area contributed by atoms with Gasteiger partial charge in [0.25, 0.3) is 0 Å². The van der Waals surface area contributed by atoms with Gasteiger partial charge < -0.3 is 5.32 Å². The fraction of sp³-hybridized carbons (Fsp3) is 0.875. The summed E-state index contributed by atoms with van der Waals surface area (Å²) in [5, 5.41) is 2.60. The van der Waals surface area contributed by atoms with Crippen molar-refractivity contribution in [2.45, 2.75) is 25.6 Å². The molecular weight excluding hydrogens is 199 g/mol. The van der Waals surface area contributed by atoms with E-state index in [2.05, 4.69) is 10.1 Å². The molecule has 0 spiro atoms. The highest BCUT2D eigenvalue weighted by Crippen LogP contribution is 2.20. The maximum Gasteiger partial charge on any atom is 0.522 e. The number of piperidine rings is 1. The lowest BCUT2D eigenvalue weighted by Crippen LogP contribution is -2.37. The van der Waals surface area contributed by atoms with Gasteiger partial charge in [-0.15, -0.1) is 13.2 Å². The molecule has 0 aromatic rings. The number of nitrogens with one attached hydrogen (secondary N) is 1. The average Bonchev–Trinajstić information content (AvgIpc) is 2.06. The normalized spacial score (nSPS) is 23.4. The van der Waals surface area contributed by atoms with Crippen molar-refractivity contribution in [1.82, 2.24) is 5.32 Å². The molecule has 0 aromatic heterocycles. The summed E-state index contributed by atoms with van der Waals surface area (Å²) in [4.78, 5) is 11.1. The van der Waals surface area contributed by atoms with Crippen LogP contribution in [0.15, 0.2) is 0 Å². The molecule has 14 heavy (non-hydrogen) atoms. The Bertz CT molecular complexity index is 205. The second-order valence-electron chi connectivity index (χ2n) is 3.21. The van der Waals surface area contributed by atoms with Crippen molar-refractivity contribution in [3.63, 3.8) is 0 Å². The summed E-state index contributed by atoms with van der Waals surface area (Å²) in [5.41, 5.74) is 0. The Morgan fingerprint density at radius 1 is 1.50 bits per heavy atom. The predicted octanol–water partition coefficient (Wildman–Crippen LogP) is 1.44. The zero-order valence-corrected chi connectivity index (χ0v) is 7.56. The lowest BCUT2D eigenvalue weighted by molar-refractivity contribution is -0.325. The van der Waals surface area contributed by atoms with Gasteiger partial charge in [-0.05, 0) is 19.3 Å². The molecule has 3 nitrogen and oxygen atoms in total. The Morgan fingerprint density at radius 2 is 2.21 bits per heavy atom. The highest BCUT2D eigenvalue weighted by atomic mass is 19.4. The Balaban J connectivity index is 2.20. The van der Waals surface area contributed by atoms with Crippen molar-refractivity contribution >= 4 is 5.91 Å². The van der Waals surface area contributed by atoms with Crippen LogP contribution in [0, 0.1) is 5.92 Å². The number of ether oxygens (including phenoxy) is 1. The van der Waals surface area contributed by atoms with Crippen molar-refractivity contribution in [3.05, 3.63) is 0 Å². The van der Waals surface area contributed by atoms with Gasteiger partial charge in [0.15, 0.2) is 0 Å². The SMILES string of the molecule is O=C1NCCCC1CCOC(F)(F)F. The summed E-state index contributed by atoms with van der Waals surface area (Å²) in [6.07, 6.45) is -2.99. The quantitative estimate of drug-likeness (QED) is 0.767. The van der Waals surface area contributed by atoms with Gasteiger partial charge in [-0.25, -0.2) is 0 Å². The molecule has 82 valence electrons. The van der Waals surface area contributed by atoms with Crippen LogP contribution in [-0.4, -0.2) is 25.4 Å². The summed E-state index contributed by atoms with van der Waals surface area (Å²) in [5.74, 6) is -0.492. The highest BCUT2D eigenvalue weighted by molar-refractivity contribution is 5.79. The fourth-order valence-corrected chi connectivity index (χ4v) is 1.43. The van der Waals surface area contributed by atoms with Gasteiger partial charge in [0.05, 0.1) is 6.61 Å². The molecular formula is C8H12F3NO2. The summed E-state index contributed by atoms with van der Waals surface area (Å²) in [6.45, 7) is 0.178. The number of carbonyl (C=O) groups is 1. The number of alkyl halides is 3. The zero-order chi connectivity index (χ0) is 10.6. The smallest absolute Gasteiger partial charge is 0.356 e. The van der Waals surface area contributed by atoms with E-state index >= 15 is 0 Å². The van der Waals surface area contributed by atoms with E-state index in [1.165, 1.54) is 0 Å². The van der Waals surface area contributed by atoms with Crippen LogP contribution in [0.2, 0.25) is 0 Å². The van der Waals surface area contributed by atoms with Crippen LogP contribution >= 0.6 is 0 Å². The molecule has 1 aliphatic heterocycles. The third-order valence-electron chi connectivity index (χ3n) is 2.13. The van der Waals surface area contributed by atoms with Gasteiger partial charge in [0, 0.05) is 12.5 Å². The van der Waals surface area contributed by atoms with Crippen LogP contribution in [-0.2, 0) is 9.53 Å². The molecule has 1 rings (SSSR count). The lowest BCUT2D eigenvalue weighted by Gasteiger charge is -2.21. The van der Waals surface area contributed by atoms with Crippen molar-refractivity contribution < 1.29 is 22.7 Å². The second kappa shape index (κ2) is 4.63. The van der Waals surface area contributed by atoms with Crippen LogP contribution in [0.25, 0.3) is 0 Å². The molecule has 1 fully saturated rings. The monoisotopic (exact) mass is 211 g/mol. The molecule has 1 unspecified atom stereocenters. The number of halogens is 3. The summed E-state index contributed by atoms with van der Waals surface area (Å²) in [7, 11) is 0. The zero-order valence-electron chi connectivity index (χ0n) is 7.56. The van der Waals surface area contributed by atoms with Crippen molar-refractivity contribution in [2.24, 2.45) is 5.92 Å². The maximum absolute atomic E-state index is 11.6. The molecule has 0 bridgehead atoms. The standard InChI is InChI=1S/C8H12F3NO2/c9-8(10,11)14-5-3-6-2-1-4-12-7(6)13/h6H,1-5H2,(H,12,13). The van der Waals surface area contributed by atoms with E-state index in [1.54, 1.807) is 0 Å². The van der Waals surface area contributed by atoms with Crippen molar-refractivity contribution in [2.75, 3.05) is 13.2 Å². The number of carbonyl (C=O) groups excluding carboxylic acids is 1. The minimum Gasteiger partial charge on any atom is -0.356 e. The van der Waals surface area contributed by atoms with E-state index in [4.69, 9.17) is 0 Å². The van der Waals surface area contributed by atoms with E-state index < -0.39 is 13.0 Å². The van der Waals surface area contributed by atoms with Crippen LogP contribution in [0.5, 0.6) is 0 Å². The van der Waals surface area contributed by atoms with Gasteiger partial charge in [-0.2, -0.15) is 0 Å². The van der Waals surface area contributed by atoms with Gasteiger partial charge in [0.1, 0.15) is 0 Å². The van der Waals surface area contributed by atoms with E-state index in [9.17, 15) is 18.0 Å². The van der Waals surface area contributed by atoms with Gasteiger partial charge in [-0.1, -0.05) is 0 Å². The van der Waals surface area contributed by atoms with Gasteiger partial charge >= 0.3 is 6.36 Å². The van der Waals surface area contributed by atoms with E-state index in [-0.39, 0.29) is 18.2 Å². The molecule has 0 aromatic carbocycles. The third-order valence-corrected chi connectivity index (χ3v) is 2.13. The van der Waals surface area contributed by atoms with Crippen LogP contribution in [0.1, 0.15) is 19.3 Å². The van der Waals surface area contributed by atoms with Crippen LogP contribution in [0.4, 0.5) is 13.2 Å². The highest BCUT2D eigenvalue weighted by Gasteiger charge is 2.30. The summed E-state index contributed by atoms with van der Waals surface area (Å²) < 4.78 is 38.4. The van der Waals surface area contributed by atoms with Gasteiger partial charge in [0.2, 0.25) is 5.91 Å². The average molecular weight is 211 g/mol. The third kappa shape index (κ3) is 3.95. The Kier molecular flexibility index (Phi) is 3.74. The summed E-state index contributed by atoms with van der Waals surface area (Å²) >= 11 is 0. The first kappa shape index (κ1) is 11.3. The molecule has 1 N–H and O–H groups in total. The topological polar surface area (TPSA) is 38.3 Å². The molecule has 0 aliphatic carbocycles. The minimum atomic E-state index is -4.59. The van der Waals surface area contributed by atoms with E-state index in [1.807, 2.05) is 0 Å². The Morgan fingerprint density at radius 3 is 2.79 bits per heavy atom. The van der Waals surface area contributed by atoms with Crippen LogP contribution < -0.4 is 5.32 Å².